The van der Waals surface area contributed by atoms with Gasteiger partial charge in [-0.25, -0.2) is 4.98 Å². The molecule has 0 aliphatic rings. The lowest BCUT2D eigenvalue weighted by Gasteiger charge is -2.04. The van der Waals surface area contributed by atoms with E-state index in [1.165, 1.54) is 15.6 Å². The Kier molecular flexibility index (Phi) is 6.05. The molecule has 0 unspecified atom stereocenters. The molecule has 4 aromatic rings. The smallest absolute Gasteiger partial charge is 0.226 e. The molecule has 2 heterocycles. The van der Waals surface area contributed by atoms with Crippen molar-refractivity contribution in [3.05, 3.63) is 86.1 Å². The van der Waals surface area contributed by atoms with E-state index in [-0.39, 0.29) is 5.91 Å². The highest BCUT2D eigenvalue weighted by Crippen LogP contribution is 2.25. The Morgan fingerprint density at radius 2 is 1.96 bits per heavy atom. The van der Waals surface area contributed by atoms with E-state index in [1.807, 2.05) is 29.6 Å². The van der Waals surface area contributed by atoms with Crippen molar-refractivity contribution in [2.24, 2.45) is 0 Å². The summed E-state index contributed by atoms with van der Waals surface area (Å²) in [4.78, 5) is 16.8. The summed E-state index contributed by atoms with van der Waals surface area (Å²) in [6, 6.07) is 16.2. The Labute approximate surface area is 177 Å². The minimum atomic E-state index is 0.0131. The van der Waals surface area contributed by atoms with Crippen LogP contribution in [0.25, 0.3) is 10.1 Å². The number of aromatic nitrogens is 1. The topological polar surface area (TPSA) is 42.0 Å². The fourth-order valence-electron chi connectivity index (χ4n) is 3.12. The van der Waals surface area contributed by atoms with Gasteiger partial charge in [-0.15, -0.1) is 22.7 Å². The van der Waals surface area contributed by atoms with Gasteiger partial charge in [-0.2, -0.15) is 0 Å². The Balaban J connectivity index is 1.28. The molecular formula is C22H19ClN2OS2. The zero-order chi connectivity index (χ0) is 19.3. The van der Waals surface area contributed by atoms with Crippen molar-refractivity contribution in [2.75, 3.05) is 6.54 Å². The molecule has 1 amide bonds. The summed E-state index contributed by atoms with van der Waals surface area (Å²) in [5.41, 5.74) is 3.24. The Bertz CT molecular complexity index is 1100. The van der Waals surface area contributed by atoms with Crippen molar-refractivity contribution >= 4 is 50.3 Å². The zero-order valence-electron chi connectivity index (χ0n) is 15.2. The molecule has 0 bridgehead atoms. The predicted octanol–water partition coefficient (Wildman–Crippen LogP) is 5.50. The fourth-order valence-corrected chi connectivity index (χ4v) is 5.16. The molecule has 0 saturated heterocycles. The van der Waals surface area contributed by atoms with Gasteiger partial charge in [0.1, 0.15) is 0 Å². The summed E-state index contributed by atoms with van der Waals surface area (Å²) in [5, 5.41) is 10.2. The lowest BCUT2D eigenvalue weighted by molar-refractivity contribution is -0.120. The zero-order valence-corrected chi connectivity index (χ0v) is 17.5. The number of hydrogen-bond donors (Lipinski definition) is 1. The van der Waals surface area contributed by atoms with Gasteiger partial charge in [0.15, 0.2) is 0 Å². The molecule has 142 valence electrons. The molecule has 6 heteroatoms. The third-order valence-electron chi connectivity index (χ3n) is 4.46. The van der Waals surface area contributed by atoms with Crippen molar-refractivity contribution in [3.8, 4) is 0 Å². The number of thiophene rings is 1. The van der Waals surface area contributed by atoms with Crippen LogP contribution in [0, 0.1) is 0 Å². The monoisotopic (exact) mass is 426 g/mol. The van der Waals surface area contributed by atoms with Crippen LogP contribution in [-0.2, 0) is 24.1 Å². The first kappa shape index (κ1) is 19.1. The molecule has 2 aromatic carbocycles. The van der Waals surface area contributed by atoms with Crippen LogP contribution in [0.5, 0.6) is 0 Å². The fraction of sp³-hybridized carbons (Fsp3) is 0.182. The molecule has 28 heavy (non-hydrogen) atoms. The minimum absolute atomic E-state index is 0.0131. The number of nitrogens with one attached hydrogen (secondary N) is 1. The number of carbonyl (C=O) groups is 1. The van der Waals surface area contributed by atoms with Crippen molar-refractivity contribution in [3.63, 3.8) is 0 Å². The maximum Gasteiger partial charge on any atom is 0.226 e. The molecule has 1 N–H and O–H groups in total. The maximum absolute atomic E-state index is 12.3. The SMILES string of the molecule is O=C(Cc1csc(Cc2cccc(Cl)c2)n1)NCCc1csc2ccccc12. The number of carbonyl (C=O) groups excluding carboxylic acids is 1. The number of thiazole rings is 1. The molecule has 0 spiro atoms. The van der Waals surface area contributed by atoms with E-state index in [4.69, 9.17) is 11.6 Å². The number of benzene rings is 2. The van der Waals surface area contributed by atoms with E-state index < -0.39 is 0 Å². The average molecular weight is 427 g/mol. The third-order valence-corrected chi connectivity index (χ3v) is 6.61. The molecule has 0 saturated carbocycles. The number of hydrogen-bond acceptors (Lipinski definition) is 4. The van der Waals surface area contributed by atoms with Crippen LogP contribution in [0.2, 0.25) is 5.02 Å². The van der Waals surface area contributed by atoms with Crippen LogP contribution in [0.15, 0.2) is 59.3 Å². The van der Waals surface area contributed by atoms with Crippen LogP contribution in [0.3, 0.4) is 0 Å². The molecule has 0 atom stereocenters. The summed E-state index contributed by atoms with van der Waals surface area (Å²) in [7, 11) is 0. The highest BCUT2D eigenvalue weighted by Gasteiger charge is 2.09. The van der Waals surface area contributed by atoms with Crippen molar-refractivity contribution < 1.29 is 4.79 Å². The van der Waals surface area contributed by atoms with Crippen molar-refractivity contribution in [2.45, 2.75) is 19.3 Å². The molecular weight excluding hydrogens is 408 g/mol. The van der Waals surface area contributed by atoms with Gasteiger partial charge in [0, 0.05) is 28.1 Å². The van der Waals surface area contributed by atoms with Crippen LogP contribution >= 0.6 is 34.3 Å². The van der Waals surface area contributed by atoms with Crippen LogP contribution in [-0.4, -0.2) is 17.4 Å². The first-order valence-corrected chi connectivity index (χ1v) is 11.2. The van der Waals surface area contributed by atoms with Gasteiger partial charge in [-0.05, 0) is 46.5 Å². The molecule has 0 fully saturated rings. The Morgan fingerprint density at radius 3 is 2.86 bits per heavy atom. The average Bonchev–Trinajstić information content (AvgIpc) is 3.29. The summed E-state index contributed by atoms with van der Waals surface area (Å²) < 4.78 is 1.29. The Morgan fingerprint density at radius 1 is 1.07 bits per heavy atom. The second kappa shape index (κ2) is 8.86. The quantitative estimate of drug-likeness (QED) is 0.423. The normalized spacial score (nSPS) is 11.0. The van der Waals surface area contributed by atoms with E-state index in [0.717, 1.165) is 34.1 Å². The van der Waals surface area contributed by atoms with Gasteiger partial charge in [0.05, 0.1) is 17.1 Å². The largest absolute Gasteiger partial charge is 0.355 e. The van der Waals surface area contributed by atoms with E-state index in [1.54, 1.807) is 22.7 Å². The lowest BCUT2D eigenvalue weighted by atomic mass is 10.1. The van der Waals surface area contributed by atoms with E-state index in [0.29, 0.717) is 13.0 Å². The molecule has 3 nitrogen and oxygen atoms in total. The second-order valence-corrected chi connectivity index (χ2v) is 8.86. The number of fused-ring (bicyclic) bond motifs is 1. The minimum Gasteiger partial charge on any atom is -0.355 e. The number of amides is 1. The van der Waals surface area contributed by atoms with Gasteiger partial charge in [0.2, 0.25) is 5.91 Å². The van der Waals surface area contributed by atoms with Crippen LogP contribution in [0.4, 0.5) is 0 Å². The van der Waals surface area contributed by atoms with E-state index in [9.17, 15) is 4.79 Å². The van der Waals surface area contributed by atoms with E-state index >= 15 is 0 Å². The number of rotatable bonds is 7. The predicted molar refractivity (Wildman–Crippen MR) is 119 cm³/mol. The summed E-state index contributed by atoms with van der Waals surface area (Å²) in [5.74, 6) is 0.0131. The second-order valence-electron chi connectivity index (χ2n) is 6.57. The van der Waals surface area contributed by atoms with Crippen molar-refractivity contribution in [1.82, 2.24) is 10.3 Å². The molecule has 0 radical (unpaired) electrons. The van der Waals surface area contributed by atoms with Crippen molar-refractivity contribution in [1.29, 1.82) is 0 Å². The number of nitrogens with zero attached hydrogens (tertiary/aromatic N) is 1. The molecule has 0 aliphatic heterocycles. The summed E-state index contributed by atoms with van der Waals surface area (Å²) >= 11 is 9.37. The van der Waals surface area contributed by atoms with Crippen LogP contribution < -0.4 is 5.32 Å². The Hall–Kier alpha value is -2.21. The van der Waals surface area contributed by atoms with Gasteiger partial charge in [-0.1, -0.05) is 41.9 Å². The molecule has 4 rings (SSSR count). The lowest BCUT2D eigenvalue weighted by Crippen LogP contribution is -2.27. The van der Waals surface area contributed by atoms with E-state index in [2.05, 4.69) is 39.9 Å². The first-order valence-electron chi connectivity index (χ1n) is 9.07. The van der Waals surface area contributed by atoms with Gasteiger partial charge in [0.25, 0.3) is 0 Å². The highest BCUT2D eigenvalue weighted by molar-refractivity contribution is 7.17. The maximum atomic E-state index is 12.3. The number of halogens is 1. The van der Waals surface area contributed by atoms with Gasteiger partial charge >= 0.3 is 0 Å². The standard InChI is InChI=1S/C22H19ClN2OS2/c23-17-5-3-4-15(10-17)11-22-25-18(14-28-22)12-21(26)24-9-8-16-13-27-20-7-2-1-6-19(16)20/h1-7,10,13-14H,8-9,11-12H2,(H,24,26). The van der Waals surface area contributed by atoms with Crippen LogP contribution in [0.1, 0.15) is 21.8 Å². The molecule has 0 aliphatic carbocycles. The summed E-state index contributed by atoms with van der Waals surface area (Å²) in [6.45, 7) is 0.638. The molecule has 2 aromatic heterocycles. The van der Waals surface area contributed by atoms with Gasteiger partial charge < -0.3 is 5.32 Å². The van der Waals surface area contributed by atoms with Gasteiger partial charge in [-0.3, -0.25) is 4.79 Å². The third kappa shape index (κ3) is 4.79. The summed E-state index contributed by atoms with van der Waals surface area (Å²) in [6.07, 6.45) is 1.89. The highest BCUT2D eigenvalue weighted by atomic mass is 35.5. The first-order chi connectivity index (χ1) is 13.7.